The van der Waals surface area contributed by atoms with Crippen LogP contribution in [0.25, 0.3) is 0 Å². The smallest absolute Gasteiger partial charge is 0.180 e. The number of hydrogen-bond donors (Lipinski definition) is 0. The van der Waals surface area contributed by atoms with Crippen LogP contribution in [0.4, 0.5) is 0 Å². The largest absolute Gasteiger partial charge is 0.383 e. The van der Waals surface area contributed by atoms with Crippen molar-refractivity contribution in [2.24, 2.45) is 5.92 Å². The summed E-state index contributed by atoms with van der Waals surface area (Å²) in [6, 6.07) is 1.82. The molecule has 1 aromatic rings. The molecule has 0 amide bonds. The van der Waals surface area contributed by atoms with Crippen LogP contribution in [0.15, 0.2) is 12.3 Å². The molecule has 4 heteroatoms. The molecular formula is C15H24N2O2. The monoisotopic (exact) mass is 264 g/mol. The van der Waals surface area contributed by atoms with E-state index in [0.717, 1.165) is 18.0 Å². The van der Waals surface area contributed by atoms with Crippen molar-refractivity contribution in [2.75, 3.05) is 13.7 Å². The van der Waals surface area contributed by atoms with Crippen LogP contribution in [-0.2, 0) is 11.3 Å². The van der Waals surface area contributed by atoms with Crippen molar-refractivity contribution < 1.29 is 9.53 Å². The number of carbonyl (C=O) groups excluding carboxylic acids is 1. The highest BCUT2D eigenvalue weighted by Crippen LogP contribution is 2.27. The number of hydrogen-bond acceptors (Lipinski definition) is 3. The Balaban J connectivity index is 1.83. The first-order chi connectivity index (χ1) is 9.31. The fraction of sp³-hybridized carbons (Fsp3) is 0.733. The average molecular weight is 264 g/mol. The van der Waals surface area contributed by atoms with E-state index in [1.54, 1.807) is 18.0 Å². The van der Waals surface area contributed by atoms with Gasteiger partial charge in [0.2, 0.25) is 0 Å². The molecule has 1 aliphatic rings. The number of rotatable bonds is 7. The molecule has 0 N–H and O–H groups in total. The second kappa shape index (κ2) is 7.43. The van der Waals surface area contributed by atoms with Gasteiger partial charge >= 0.3 is 0 Å². The van der Waals surface area contributed by atoms with Crippen LogP contribution in [0.3, 0.4) is 0 Å². The lowest BCUT2D eigenvalue weighted by molar-refractivity contribution is 0.0956. The van der Waals surface area contributed by atoms with Gasteiger partial charge < -0.3 is 4.74 Å². The molecule has 0 bridgehead atoms. The van der Waals surface area contributed by atoms with Crippen LogP contribution in [0.5, 0.6) is 0 Å². The van der Waals surface area contributed by atoms with E-state index >= 15 is 0 Å². The van der Waals surface area contributed by atoms with Gasteiger partial charge in [-0.2, -0.15) is 5.10 Å². The van der Waals surface area contributed by atoms with Crippen LogP contribution >= 0.6 is 0 Å². The first-order valence-electron chi connectivity index (χ1n) is 7.35. The molecule has 0 radical (unpaired) electrons. The molecule has 1 fully saturated rings. The van der Waals surface area contributed by atoms with Gasteiger partial charge in [-0.25, -0.2) is 0 Å². The van der Waals surface area contributed by atoms with E-state index in [4.69, 9.17) is 4.74 Å². The summed E-state index contributed by atoms with van der Waals surface area (Å²) in [4.78, 5) is 12.2. The minimum absolute atomic E-state index is 0.221. The third-order valence-electron chi connectivity index (χ3n) is 4.01. The number of Topliss-reactive ketones (excluding diaryl/α,β-unsaturated/α-hetero) is 1. The van der Waals surface area contributed by atoms with Crippen molar-refractivity contribution in [1.82, 2.24) is 9.78 Å². The van der Waals surface area contributed by atoms with Crippen molar-refractivity contribution in [3.8, 4) is 0 Å². The lowest BCUT2D eigenvalue weighted by Gasteiger charge is -2.20. The fourth-order valence-electron chi connectivity index (χ4n) is 2.86. The van der Waals surface area contributed by atoms with Crippen LogP contribution in [0.2, 0.25) is 0 Å². The topological polar surface area (TPSA) is 44.1 Å². The molecule has 0 spiro atoms. The first-order valence-corrected chi connectivity index (χ1v) is 7.35. The summed E-state index contributed by atoms with van der Waals surface area (Å²) in [7, 11) is 1.66. The quantitative estimate of drug-likeness (QED) is 0.711. The zero-order valence-corrected chi connectivity index (χ0v) is 11.8. The highest BCUT2D eigenvalue weighted by Gasteiger charge is 2.17. The maximum absolute atomic E-state index is 12.2. The van der Waals surface area contributed by atoms with Gasteiger partial charge in [-0.1, -0.05) is 32.1 Å². The molecule has 2 rings (SSSR count). The number of methoxy groups -OCH3 is 1. The van der Waals surface area contributed by atoms with Crippen molar-refractivity contribution in [1.29, 1.82) is 0 Å². The van der Waals surface area contributed by atoms with Crippen LogP contribution in [-0.4, -0.2) is 29.3 Å². The number of ketones is 1. The van der Waals surface area contributed by atoms with Crippen LogP contribution < -0.4 is 0 Å². The van der Waals surface area contributed by atoms with E-state index in [9.17, 15) is 4.79 Å². The maximum atomic E-state index is 12.2. The van der Waals surface area contributed by atoms with Gasteiger partial charge in [0.05, 0.1) is 13.2 Å². The summed E-state index contributed by atoms with van der Waals surface area (Å²) in [5, 5.41) is 4.19. The van der Waals surface area contributed by atoms with Crippen LogP contribution in [0, 0.1) is 5.92 Å². The van der Waals surface area contributed by atoms with E-state index < -0.39 is 0 Å². The predicted octanol–water partition coefficient (Wildman–Crippen LogP) is 3.07. The zero-order valence-electron chi connectivity index (χ0n) is 11.8. The molecule has 4 nitrogen and oxygen atoms in total. The summed E-state index contributed by atoms with van der Waals surface area (Å²) in [5.74, 6) is 0.979. The van der Waals surface area contributed by atoms with Gasteiger partial charge in [-0.15, -0.1) is 0 Å². The first kappa shape index (κ1) is 14.3. The number of aromatic nitrogens is 2. The Morgan fingerprint density at radius 3 is 2.95 bits per heavy atom. The van der Waals surface area contributed by atoms with Crippen molar-refractivity contribution in [3.63, 3.8) is 0 Å². The lowest BCUT2D eigenvalue weighted by atomic mass is 9.85. The average Bonchev–Trinajstić information content (AvgIpc) is 2.92. The summed E-state index contributed by atoms with van der Waals surface area (Å²) >= 11 is 0. The lowest BCUT2D eigenvalue weighted by Crippen LogP contribution is -2.15. The highest BCUT2D eigenvalue weighted by atomic mass is 16.5. The molecule has 19 heavy (non-hydrogen) atoms. The Morgan fingerprint density at radius 2 is 2.21 bits per heavy atom. The number of nitrogens with zero attached hydrogens (tertiary/aromatic N) is 2. The molecule has 1 aliphatic carbocycles. The number of ether oxygens (including phenoxy) is 1. The second-order valence-corrected chi connectivity index (χ2v) is 5.40. The molecule has 0 atom stereocenters. The van der Waals surface area contributed by atoms with Crippen LogP contribution in [0.1, 0.15) is 55.4 Å². The number of carbonyl (C=O) groups is 1. The van der Waals surface area contributed by atoms with Crippen molar-refractivity contribution >= 4 is 5.78 Å². The predicted molar refractivity (Wildman–Crippen MR) is 74.2 cm³/mol. The molecule has 0 aliphatic heterocycles. The Bertz CT molecular complexity index is 395. The van der Waals surface area contributed by atoms with Crippen molar-refractivity contribution in [2.45, 2.75) is 51.5 Å². The Hall–Kier alpha value is -1.16. The SMILES string of the molecule is COCCn1nccc1C(=O)CCC1CCCCC1. The van der Waals surface area contributed by atoms with E-state index in [2.05, 4.69) is 5.10 Å². The van der Waals surface area contributed by atoms with Gasteiger partial charge in [0, 0.05) is 19.7 Å². The minimum atomic E-state index is 0.221. The highest BCUT2D eigenvalue weighted by molar-refractivity contribution is 5.94. The molecule has 106 valence electrons. The standard InChI is InChI=1S/C15H24N2O2/c1-19-12-11-17-14(9-10-16-17)15(18)8-7-13-5-3-2-4-6-13/h9-10,13H,2-8,11-12H2,1H3. The summed E-state index contributed by atoms with van der Waals surface area (Å²) in [6.07, 6.45) is 10.0. The Labute approximate surface area is 115 Å². The fourth-order valence-corrected chi connectivity index (χ4v) is 2.86. The Kier molecular flexibility index (Phi) is 5.58. The van der Waals surface area contributed by atoms with Gasteiger partial charge in [0.1, 0.15) is 5.69 Å². The normalized spacial score (nSPS) is 16.7. The summed E-state index contributed by atoms with van der Waals surface area (Å²) < 4.78 is 6.79. The third kappa shape index (κ3) is 4.16. The molecular weight excluding hydrogens is 240 g/mol. The second-order valence-electron chi connectivity index (χ2n) is 5.40. The molecule has 1 aromatic heterocycles. The Morgan fingerprint density at radius 1 is 1.42 bits per heavy atom. The van der Waals surface area contributed by atoms with E-state index in [1.807, 2.05) is 6.07 Å². The van der Waals surface area contributed by atoms with E-state index in [1.165, 1.54) is 32.1 Å². The van der Waals surface area contributed by atoms with Crippen molar-refractivity contribution in [3.05, 3.63) is 18.0 Å². The van der Waals surface area contributed by atoms with E-state index in [0.29, 0.717) is 19.6 Å². The van der Waals surface area contributed by atoms with E-state index in [-0.39, 0.29) is 5.78 Å². The van der Waals surface area contributed by atoms with Gasteiger partial charge in [-0.3, -0.25) is 9.48 Å². The maximum Gasteiger partial charge on any atom is 0.180 e. The molecule has 0 aromatic carbocycles. The zero-order chi connectivity index (χ0) is 13.5. The summed E-state index contributed by atoms with van der Waals surface area (Å²) in [5.41, 5.74) is 0.729. The minimum Gasteiger partial charge on any atom is -0.383 e. The molecule has 1 heterocycles. The molecule has 0 unspecified atom stereocenters. The van der Waals surface area contributed by atoms with Gasteiger partial charge in [0.15, 0.2) is 5.78 Å². The van der Waals surface area contributed by atoms with Gasteiger partial charge in [0.25, 0.3) is 0 Å². The van der Waals surface area contributed by atoms with Gasteiger partial charge in [-0.05, 0) is 18.4 Å². The third-order valence-corrected chi connectivity index (χ3v) is 4.01. The summed E-state index contributed by atoms with van der Waals surface area (Å²) in [6.45, 7) is 1.23. The molecule has 0 saturated heterocycles. The molecule has 1 saturated carbocycles.